The van der Waals surface area contributed by atoms with Crippen LogP contribution in [0, 0.1) is 6.92 Å². The normalized spacial score (nSPS) is 15.7. The molecule has 2 heterocycles. The number of carbonyl (C=O) groups excluding carboxylic acids is 1. The quantitative estimate of drug-likeness (QED) is 0.812. The summed E-state index contributed by atoms with van der Waals surface area (Å²) in [6.07, 6.45) is 4.09. The number of aryl methyl sites for hydroxylation is 1. The van der Waals surface area contributed by atoms with Gasteiger partial charge in [-0.2, -0.15) is 0 Å². The standard InChI is InChI=1S/C20H27N5O2/c1-15-6-3-4-7-18(15)27-16(2)12-22-20-23-13-17(14-24-20)19(26)25-10-5-8-21-9-11-25/h3-4,6-7,13-14,16,21H,5,8-12H2,1-2H3,(H,22,23,24). The highest BCUT2D eigenvalue weighted by Gasteiger charge is 2.18. The van der Waals surface area contributed by atoms with Crippen molar-refractivity contribution in [3.05, 3.63) is 47.8 Å². The second kappa shape index (κ2) is 9.32. The minimum atomic E-state index is -0.0411. The number of para-hydroxylation sites is 1. The van der Waals surface area contributed by atoms with E-state index in [2.05, 4.69) is 20.6 Å². The van der Waals surface area contributed by atoms with Crippen LogP contribution in [-0.2, 0) is 0 Å². The van der Waals surface area contributed by atoms with Gasteiger partial charge in [0.2, 0.25) is 5.95 Å². The van der Waals surface area contributed by atoms with Gasteiger partial charge in [-0.3, -0.25) is 4.79 Å². The lowest BCUT2D eigenvalue weighted by Gasteiger charge is -2.20. The van der Waals surface area contributed by atoms with E-state index in [0.29, 0.717) is 24.6 Å². The maximum Gasteiger partial charge on any atom is 0.257 e. The van der Waals surface area contributed by atoms with Gasteiger partial charge in [0.05, 0.1) is 12.1 Å². The maximum atomic E-state index is 12.5. The van der Waals surface area contributed by atoms with Crippen molar-refractivity contribution in [2.75, 3.05) is 38.0 Å². The van der Waals surface area contributed by atoms with Crippen LogP contribution in [-0.4, -0.2) is 59.6 Å². The van der Waals surface area contributed by atoms with Crippen LogP contribution in [0.15, 0.2) is 36.7 Å². The van der Waals surface area contributed by atoms with Crippen molar-refractivity contribution < 1.29 is 9.53 Å². The summed E-state index contributed by atoms with van der Waals surface area (Å²) in [6.45, 7) is 7.84. The van der Waals surface area contributed by atoms with Crippen LogP contribution in [0.5, 0.6) is 5.75 Å². The van der Waals surface area contributed by atoms with Crippen molar-refractivity contribution in [3.63, 3.8) is 0 Å². The molecule has 27 heavy (non-hydrogen) atoms. The van der Waals surface area contributed by atoms with E-state index in [1.165, 1.54) is 0 Å². The minimum Gasteiger partial charge on any atom is -0.489 e. The van der Waals surface area contributed by atoms with E-state index in [4.69, 9.17) is 4.74 Å². The van der Waals surface area contributed by atoms with E-state index in [0.717, 1.165) is 37.4 Å². The number of ether oxygens (including phenoxy) is 1. The molecule has 0 bridgehead atoms. The molecule has 7 nitrogen and oxygen atoms in total. The summed E-state index contributed by atoms with van der Waals surface area (Å²) in [5.41, 5.74) is 1.62. The molecule has 0 spiro atoms. The lowest BCUT2D eigenvalue weighted by atomic mass is 10.2. The fraction of sp³-hybridized carbons (Fsp3) is 0.450. The summed E-state index contributed by atoms with van der Waals surface area (Å²) in [6, 6.07) is 7.93. The Morgan fingerprint density at radius 2 is 2.04 bits per heavy atom. The van der Waals surface area contributed by atoms with Crippen LogP contribution < -0.4 is 15.4 Å². The second-order valence-corrected chi connectivity index (χ2v) is 6.77. The molecule has 1 aliphatic rings. The molecule has 0 radical (unpaired) electrons. The Labute approximate surface area is 160 Å². The van der Waals surface area contributed by atoms with Crippen LogP contribution >= 0.6 is 0 Å². The van der Waals surface area contributed by atoms with Crippen molar-refractivity contribution in [3.8, 4) is 5.75 Å². The predicted octanol–water partition coefficient (Wildman–Crippen LogP) is 2.10. The Bertz CT molecular complexity index is 742. The Morgan fingerprint density at radius 1 is 1.26 bits per heavy atom. The van der Waals surface area contributed by atoms with Crippen LogP contribution in [0.1, 0.15) is 29.3 Å². The zero-order valence-electron chi connectivity index (χ0n) is 15.9. The first kappa shape index (κ1) is 19.1. The molecule has 0 aliphatic carbocycles. The number of carbonyl (C=O) groups is 1. The number of nitrogens with one attached hydrogen (secondary N) is 2. The molecule has 144 valence electrons. The van der Waals surface area contributed by atoms with Crippen molar-refractivity contribution in [2.24, 2.45) is 0 Å². The predicted molar refractivity (Wildman–Crippen MR) is 105 cm³/mol. The van der Waals surface area contributed by atoms with Gasteiger partial charge < -0.3 is 20.3 Å². The lowest BCUT2D eigenvalue weighted by Crippen LogP contribution is -2.34. The first-order valence-corrected chi connectivity index (χ1v) is 9.41. The molecular weight excluding hydrogens is 342 g/mol. The molecule has 1 aromatic carbocycles. The first-order chi connectivity index (χ1) is 13.1. The highest BCUT2D eigenvalue weighted by molar-refractivity contribution is 5.93. The average molecular weight is 369 g/mol. The van der Waals surface area contributed by atoms with Crippen LogP contribution in [0.4, 0.5) is 5.95 Å². The summed E-state index contributed by atoms with van der Waals surface area (Å²) < 4.78 is 5.94. The fourth-order valence-corrected chi connectivity index (χ4v) is 2.94. The number of amides is 1. The Morgan fingerprint density at radius 3 is 2.81 bits per heavy atom. The van der Waals surface area contributed by atoms with E-state index in [-0.39, 0.29) is 12.0 Å². The molecule has 7 heteroatoms. The molecular formula is C20H27N5O2. The molecule has 3 rings (SSSR count). The third-order valence-corrected chi connectivity index (χ3v) is 4.50. The van der Waals surface area contributed by atoms with E-state index in [1.807, 2.05) is 43.0 Å². The van der Waals surface area contributed by atoms with Gasteiger partial charge in [-0.15, -0.1) is 0 Å². The largest absolute Gasteiger partial charge is 0.489 e. The maximum absolute atomic E-state index is 12.5. The monoisotopic (exact) mass is 369 g/mol. The first-order valence-electron chi connectivity index (χ1n) is 9.41. The van der Waals surface area contributed by atoms with Crippen molar-refractivity contribution in [1.82, 2.24) is 20.2 Å². The van der Waals surface area contributed by atoms with E-state index >= 15 is 0 Å². The van der Waals surface area contributed by atoms with Crippen molar-refractivity contribution in [1.29, 1.82) is 0 Å². The average Bonchev–Trinajstić information content (AvgIpc) is 2.97. The van der Waals surface area contributed by atoms with Gasteiger partial charge in [-0.05, 0) is 38.4 Å². The van der Waals surface area contributed by atoms with Crippen molar-refractivity contribution >= 4 is 11.9 Å². The highest BCUT2D eigenvalue weighted by atomic mass is 16.5. The van der Waals surface area contributed by atoms with E-state index in [9.17, 15) is 4.79 Å². The summed E-state index contributed by atoms with van der Waals surface area (Å²) in [4.78, 5) is 22.9. The van der Waals surface area contributed by atoms with Gasteiger partial charge in [0.1, 0.15) is 11.9 Å². The number of nitrogens with zero attached hydrogens (tertiary/aromatic N) is 3. The number of rotatable bonds is 6. The number of aromatic nitrogens is 2. The Hall–Kier alpha value is -2.67. The number of hydrogen-bond donors (Lipinski definition) is 2. The molecule has 2 aromatic rings. The summed E-state index contributed by atoms with van der Waals surface area (Å²) in [5, 5.41) is 6.45. The van der Waals surface area contributed by atoms with Crippen LogP contribution in [0.3, 0.4) is 0 Å². The third-order valence-electron chi connectivity index (χ3n) is 4.50. The summed E-state index contributed by atoms with van der Waals surface area (Å²) in [7, 11) is 0. The van der Waals surface area contributed by atoms with E-state index < -0.39 is 0 Å². The van der Waals surface area contributed by atoms with Gasteiger partial charge >= 0.3 is 0 Å². The zero-order chi connectivity index (χ0) is 19.1. The topological polar surface area (TPSA) is 79.4 Å². The second-order valence-electron chi connectivity index (χ2n) is 6.77. The summed E-state index contributed by atoms with van der Waals surface area (Å²) >= 11 is 0. The van der Waals surface area contributed by atoms with Gasteiger partial charge in [0, 0.05) is 32.0 Å². The minimum absolute atomic E-state index is 0.0125. The smallest absolute Gasteiger partial charge is 0.257 e. The fourth-order valence-electron chi connectivity index (χ4n) is 2.94. The molecule has 2 N–H and O–H groups in total. The number of hydrogen-bond acceptors (Lipinski definition) is 6. The number of anilines is 1. The molecule has 1 fully saturated rings. The van der Waals surface area contributed by atoms with E-state index in [1.54, 1.807) is 12.4 Å². The van der Waals surface area contributed by atoms with Gasteiger partial charge in [-0.25, -0.2) is 9.97 Å². The molecule has 1 aliphatic heterocycles. The number of benzene rings is 1. The van der Waals surface area contributed by atoms with Crippen LogP contribution in [0.25, 0.3) is 0 Å². The van der Waals surface area contributed by atoms with Crippen LogP contribution in [0.2, 0.25) is 0 Å². The zero-order valence-corrected chi connectivity index (χ0v) is 15.9. The molecule has 1 aromatic heterocycles. The Kier molecular flexibility index (Phi) is 6.59. The highest BCUT2D eigenvalue weighted by Crippen LogP contribution is 2.17. The molecule has 1 unspecified atom stereocenters. The molecule has 1 saturated heterocycles. The lowest BCUT2D eigenvalue weighted by molar-refractivity contribution is 0.0765. The van der Waals surface area contributed by atoms with Gasteiger partial charge in [0.15, 0.2) is 0 Å². The molecule has 0 saturated carbocycles. The third kappa shape index (κ3) is 5.40. The van der Waals surface area contributed by atoms with Gasteiger partial charge in [-0.1, -0.05) is 18.2 Å². The Balaban J connectivity index is 1.51. The SMILES string of the molecule is Cc1ccccc1OC(C)CNc1ncc(C(=O)N2CCCNCC2)cn1. The molecule has 1 amide bonds. The molecule has 1 atom stereocenters. The van der Waals surface area contributed by atoms with Gasteiger partial charge in [0.25, 0.3) is 5.91 Å². The van der Waals surface area contributed by atoms with Crippen molar-refractivity contribution in [2.45, 2.75) is 26.4 Å². The summed E-state index contributed by atoms with van der Waals surface area (Å²) in [5.74, 6) is 1.35.